The van der Waals surface area contributed by atoms with Crippen molar-refractivity contribution in [3.05, 3.63) is 59.7 Å². The van der Waals surface area contributed by atoms with E-state index in [-0.39, 0.29) is 25.4 Å². The Morgan fingerprint density at radius 3 is 1.45 bits per heavy atom. The normalized spacial score (nSPS) is 22.5. The second-order valence-electron chi connectivity index (χ2n) is 7.26. The first-order chi connectivity index (χ1) is 14.6. The summed E-state index contributed by atoms with van der Waals surface area (Å²) in [5.74, 6) is -6.68. The number of rotatable bonds is 9. The van der Waals surface area contributed by atoms with Crippen LogP contribution in [0.15, 0.2) is 48.5 Å². The molecule has 10 heteroatoms. The second-order valence-corrected chi connectivity index (χ2v) is 7.26. The van der Waals surface area contributed by atoms with Gasteiger partial charge in [0.1, 0.15) is 36.9 Å². The van der Waals surface area contributed by atoms with Crippen molar-refractivity contribution < 1.29 is 45.3 Å². The predicted octanol–water partition coefficient (Wildman–Crippen LogP) is 4.65. The third-order valence-electron chi connectivity index (χ3n) is 4.96. The van der Waals surface area contributed by atoms with Crippen molar-refractivity contribution in [2.45, 2.75) is 30.0 Å². The monoisotopic (exact) mass is 448 g/mol. The van der Waals surface area contributed by atoms with Crippen LogP contribution in [0.5, 0.6) is 11.5 Å². The molecular weight excluding hydrogens is 430 g/mol. The average Bonchev–Trinajstić information content (AvgIpc) is 3.64. The van der Waals surface area contributed by atoms with Crippen molar-refractivity contribution in [3.63, 3.8) is 0 Å². The van der Waals surface area contributed by atoms with Crippen molar-refractivity contribution in [1.82, 2.24) is 0 Å². The van der Waals surface area contributed by atoms with Gasteiger partial charge in [-0.1, -0.05) is 36.4 Å². The summed E-state index contributed by atoms with van der Waals surface area (Å²) in [4.78, 5) is 0. The average molecular weight is 448 g/mol. The highest BCUT2D eigenvalue weighted by Gasteiger charge is 2.74. The number of alkyl halides is 6. The van der Waals surface area contributed by atoms with Crippen LogP contribution in [0.4, 0.5) is 26.3 Å². The molecule has 2 aromatic rings. The highest BCUT2D eigenvalue weighted by molar-refractivity contribution is 5.52. The van der Waals surface area contributed by atoms with E-state index < -0.39 is 40.4 Å². The van der Waals surface area contributed by atoms with E-state index in [1.165, 1.54) is 12.1 Å². The molecule has 2 aliphatic rings. The fourth-order valence-electron chi connectivity index (χ4n) is 3.13. The molecule has 31 heavy (non-hydrogen) atoms. The molecular formula is C21H18F6O4. The van der Waals surface area contributed by atoms with E-state index in [1.54, 1.807) is 0 Å². The maximum absolute atomic E-state index is 16.4. The lowest BCUT2D eigenvalue weighted by Crippen LogP contribution is -2.53. The van der Waals surface area contributed by atoms with Gasteiger partial charge in [0.25, 0.3) is 0 Å². The minimum absolute atomic E-state index is 0.109. The van der Waals surface area contributed by atoms with Gasteiger partial charge < -0.3 is 18.9 Å². The summed E-state index contributed by atoms with van der Waals surface area (Å²) >= 11 is 0. The molecule has 2 fully saturated rings. The van der Waals surface area contributed by atoms with Crippen LogP contribution in [0, 0.1) is 0 Å². The molecule has 2 atom stereocenters. The summed E-state index contributed by atoms with van der Waals surface area (Å²) in [6.45, 7) is 0.507. The highest BCUT2D eigenvalue weighted by atomic mass is 19.4. The first-order valence-corrected chi connectivity index (χ1v) is 9.46. The summed E-state index contributed by atoms with van der Waals surface area (Å²) in [5, 5.41) is 0. The lowest BCUT2D eigenvalue weighted by atomic mass is 9.81. The molecule has 0 spiro atoms. The third kappa shape index (κ3) is 4.18. The van der Waals surface area contributed by atoms with Gasteiger partial charge in [-0.2, -0.15) is 22.0 Å². The number of para-hydroxylation sites is 2. The van der Waals surface area contributed by atoms with E-state index in [4.69, 9.17) is 18.9 Å². The zero-order valence-electron chi connectivity index (χ0n) is 16.0. The van der Waals surface area contributed by atoms with E-state index in [0.29, 0.717) is 13.2 Å². The molecule has 0 N–H and O–H groups in total. The molecule has 2 unspecified atom stereocenters. The molecule has 0 aliphatic carbocycles. The third-order valence-corrected chi connectivity index (χ3v) is 4.96. The molecule has 0 saturated carbocycles. The molecule has 2 aliphatic heterocycles. The molecule has 0 bridgehead atoms. The number of halogens is 6. The second kappa shape index (κ2) is 7.90. The Bertz CT molecular complexity index is 865. The summed E-state index contributed by atoms with van der Waals surface area (Å²) in [5.41, 5.74) is -6.25. The number of hydrogen-bond acceptors (Lipinski definition) is 4. The van der Waals surface area contributed by atoms with Crippen molar-refractivity contribution in [2.75, 3.05) is 26.4 Å². The molecule has 0 aromatic heterocycles. The Kier molecular flexibility index (Phi) is 5.55. The quantitative estimate of drug-likeness (QED) is 0.414. The molecule has 0 amide bonds. The van der Waals surface area contributed by atoms with Crippen LogP contribution in [-0.2, 0) is 15.1 Å². The molecule has 2 aromatic carbocycles. The summed E-state index contributed by atoms with van der Waals surface area (Å²) in [7, 11) is 0. The molecule has 2 heterocycles. The predicted molar refractivity (Wildman–Crippen MR) is 96.2 cm³/mol. The van der Waals surface area contributed by atoms with Crippen molar-refractivity contribution in [1.29, 1.82) is 0 Å². The highest BCUT2D eigenvalue weighted by Crippen LogP contribution is 2.57. The minimum atomic E-state index is -6.19. The zero-order valence-corrected chi connectivity index (χ0v) is 16.0. The van der Waals surface area contributed by atoms with Gasteiger partial charge in [-0.25, -0.2) is 4.39 Å². The smallest absolute Gasteiger partial charge is 0.457 e. The van der Waals surface area contributed by atoms with Gasteiger partial charge in [-0.15, -0.1) is 0 Å². The van der Waals surface area contributed by atoms with Crippen molar-refractivity contribution >= 4 is 0 Å². The first kappa shape index (κ1) is 21.8. The molecule has 4 nitrogen and oxygen atoms in total. The Morgan fingerprint density at radius 1 is 0.710 bits per heavy atom. The fourth-order valence-corrected chi connectivity index (χ4v) is 3.13. The van der Waals surface area contributed by atoms with Crippen LogP contribution < -0.4 is 9.47 Å². The van der Waals surface area contributed by atoms with Crippen LogP contribution in [0.25, 0.3) is 0 Å². The van der Waals surface area contributed by atoms with Crippen LogP contribution in [0.3, 0.4) is 0 Å². The van der Waals surface area contributed by atoms with Crippen molar-refractivity contribution in [2.24, 2.45) is 0 Å². The Hall–Kier alpha value is -2.46. The number of epoxide rings is 2. The lowest BCUT2D eigenvalue weighted by Gasteiger charge is -2.36. The van der Waals surface area contributed by atoms with Crippen LogP contribution in [-0.4, -0.2) is 50.7 Å². The van der Waals surface area contributed by atoms with Gasteiger partial charge in [0.05, 0.1) is 13.2 Å². The van der Waals surface area contributed by atoms with Gasteiger partial charge in [-0.05, 0) is 12.1 Å². The Morgan fingerprint density at radius 2 is 1.10 bits per heavy atom. The Labute approximate surface area is 173 Å². The fraction of sp³-hybridized carbons (Fsp3) is 0.429. The van der Waals surface area contributed by atoms with E-state index in [2.05, 4.69) is 0 Å². The summed E-state index contributed by atoms with van der Waals surface area (Å²) in [6.07, 6.45) is -6.83. The molecule has 0 radical (unpaired) electrons. The van der Waals surface area contributed by atoms with Gasteiger partial charge in [0.2, 0.25) is 5.67 Å². The SMILES string of the molecule is FC(F)(F)C(F)(F)C(F)(c1ccccc1OCC1CO1)c1ccccc1OCC1CO1. The standard InChI is InChI=1S/C21H18F6O4/c22-19(20(23,24)21(25,26)27,15-5-1-3-7-17(15)30-11-13-9-28-13)16-6-2-4-8-18(16)31-12-14-10-29-14/h1-8,13-14H,9-12H2. The van der Waals surface area contributed by atoms with E-state index in [0.717, 1.165) is 36.4 Å². The summed E-state index contributed by atoms with van der Waals surface area (Å²) < 4.78 is 107. The topological polar surface area (TPSA) is 43.5 Å². The van der Waals surface area contributed by atoms with Crippen LogP contribution in [0.1, 0.15) is 11.1 Å². The number of ether oxygens (including phenoxy) is 4. The van der Waals surface area contributed by atoms with Crippen molar-refractivity contribution in [3.8, 4) is 11.5 Å². The largest absolute Gasteiger partial charge is 0.490 e. The van der Waals surface area contributed by atoms with Gasteiger partial charge in [-0.3, -0.25) is 0 Å². The summed E-state index contributed by atoms with van der Waals surface area (Å²) in [6, 6.07) is 9.01. The maximum atomic E-state index is 16.4. The van der Waals surface area contributed by atoms with Crippen LogP contribution in [0.2, 0.25) is 0 Å². The Balaban J connectivity index is 1.84. The lowest BCUT2D eigenvalue weighted by molar-refractivity contribution is -0.323. The van der Waals surface area contributed by atoms with Gasteiger partial charge in [0, 0.05) is 11.1 Å². The van der Waals surface area contributed by atoms with E-state index >= 15 is 4.39 Å². The van der Waals surface area contributed by atoms with E-state index in [1.807, 2.05) is 0 Å². The van der Waals surface area contributed by atoms with Gasteiger partial charge >= 0.3 is 12.1 Å². The number of benzene rings is 2. The first-order valence-electron chi connectivity index (χ1n) is 9.46. The molecule has 4 rings (SSSR count). The van der Waals surface area contributed by atoms with Crippen LogP contribution >= 0.6 is 0 Å². The number of hydrogen-bond donors (Lipinski definition) is 0. The molecule has 2 saturated heterocycles. The van der Waals surface area contributed by atoms with Gasteiger partial charge in [0.15, 0.2) is 0 Å². The van der Waals surface area contributed by atoms with E-state index in [9.17, 15) is 22.0 Å². The minimum Gasteiger partial charge on any atom is -0.490 e. The maximum Gasteiger partial charge on any atom is 0.457 e. The zero-order chi connectivity index (χ0) is 22.3. The molecule has 168 valence electrons.